The Hall–Kier alpha value is -4.59. The molecule has 3 heterocycles. The smallest absolute Gasteiger partial charge is 0.294 e. The molecule has 0 fully saturated rings. The van der Waals surface area contributed by atoms with Gasteiger partial charge in [0.05, 0.1) is 25.8 Å². The second kappa shape index (κ2) is 8.40. The third-order valence-electron chi connectivity index (χ3n) is 5.74. The van der Waals surface area contributed by atoms with Gasteiger partial charge in [-0.1, -0.05) is 24.3 Å². The zero-order valence-electron chi connectivity index (χ0n) is 18.4. The van der Waals surface area contributed by atoms with Crippen molar-refractivity contribution < 1.29 is 28.6 Å². The van der Waals surface area contributed by atoms with Crippen molar-refractivity contribution in [2.45, 2.75) is 6.04 Å². The largest absolute Gasteiger partial charge is 0.503 e. The molecule has 2 aromatic carbocycles. The van der Waals surface area contributed by atoms with Crippen LogP contribution in [0.25, 0.3) is 11.0 Å². The predicted octanol–water partition coefficient (Wildman–Crippen LogP) is 4.63. The maximum atomic E-state index is 13.7. The van der Waals surface area contributed by atoms with Crippen LogP contribution in [0.2, 0.25) is 0 Å². The number of rotatable bonds is 6. The molecule has 1 aliphatic heterocycles. The summed E-state index contributed by atoms with van der Waals surface area (Å²) in [5.41, 5.74) is 1.32. The fraction of sp³-hybridized carbons (Fsp3) is 0.115. The summed E-state index contributed by atoms with van der Waals surface area (Å²) in [6.07, 6.45) is 3.14. The first-order chi connectivity index (χ1) is 16.5. The number of aliphatic hydroxyl groups excluding tert-OH is 1. The number of ketones is 1. The number of para-hydroxylation sites is 1. The van der Waals surface area contributed by atoms with Gasteiger partial charge in [0.25, 0.3) is 5.91 Å². The van der Waals surface area contributed by atoms with Crippen LogP contribution in [-0.4, -0.2) is 36.0 Å². The standard InChI is InChI=1S/C26H20N2O6/c1-32-18-9-4-8-17(13-18)28-22(16-7-5-11-27-14-16)21(24(30)26(28)31)23(29)20-12-15-6-3-10-19(33-2)25(15)34-20/h3-14,22,30H,1-2H3. The van der Waals surface area contributed by atoms with Gasteiger partial charge < -0.3 is 19.0 Å². The molecule has 1 aliphatic rings. The molecular formula is C26H20N2O6. The molecule has 0 spiro atoms. The number of methoxy groups -OCH3 is 2. The number of furan rings is 1. The van der Waals surface area contributed by atoms with E-state index in [1.165, 1.54) is 19.1 Å². The SMILES string of the molecule is COc1cccc(N2C(=O)C(O)=C(C(=O)c3cc4cccc(OC)c4o3)C2c2cccnc2)c1. The van der Waals surface area contributed by atoms with E-state index in [9.17, 15) is 14.7 Å². The number of Topliss-reactive ketones (excluding diaryl/α,β-unsaturated/α-hetero) is 1. The molecule has 0 aliphatic carbocycles. The van der Waals surface area contributed by atoms with Gasteiger partial charge in [0, 0.05) is 29.5 Å². The quantitative estimate of drug-likeness (QED) is 0.422. The number of hydrogen-bond acceptors (Lipinski definition) is 7. The summed E-state index contributed by atoms with van der Waals surface area (Å²) < 4.78 is 16.4. The molecule has 170 valence electrons. The molecule has 0 saturated heterocycles. The van der Waals surface area contributed by atoms with E-state index in [1.54, 1.807) is 73.1 Å². The number of carbonyl (C=O) groups excluding carboxylic acids is 2. The third kappa shape index (κ3) is 3.36. The number of hydrogen-bond donors (Lipinski definition) is 1. The summed E-state index contributed by atoms with van der Waals surface area (Å²) in [5, 5.41) is 11.6. The van der Waals surface area contributed by atoms with Crippen molar-refractivity contribution in [3.8, 4) is 11.5 Å². The molecular weight excluding hydrogens is 436 g/mol. The number of nitrogens with zero attached hydrogens (tertiary/aromatic N) is 2. The van der Waals surface area contributed by atoms with E-state index in [2.05, 4.69) is 4.98 Å². The van der Waals surface area contributed by atoms with Crippen molar-refractivity contribution in [3.63, 3.8) is 0 Å². The first-order valence-electron chi connectivity index (χ1n) is 10.5. The van der Waals surface area contributed by atoms with Crippen LogP contribution in [0.4, 0.5) is 5.69 Å². The van der Waals surface area contributed by atoms with Crippen LogP contribution in [0.5, 0.6) is 11.5 Å². The molecule has 5 rings (SSSR count). The molecule has 8 heteroatoms. The van der Waals surface area contributed by atoms with E-state index in [0.29, 0.717) is 33.7 Å². The van der Waals surface area contributed by atoms with Crippen molar-refractivity contribution in [2.24, 2.45) is 0 Å². The van der Waals surface area contributed by atoms with E-state index >= 15 is 0 Å². The van der Waals surface area contributed by atoms with Crippen LogP contribution >= 0.6 is 0 Å². The monoisotopic (exact) mass is 456 g/mol. The maximum Gasteiger partial charge on any atom is 0.294 e. The van der Waals surface area contributed by atoms with E-state index < -0.39 is 23.5 Å². The number of fused-ring (bicyclic) bond motifs is 1. The van der Waals surface area contributed by atoms with Crippen molar-refractivity contribution in [3.05, 3.63) is 95.7 Å². The molecule has 4 aromatic rings. The van der Waals surface area contributed by atoms with Gasteiger partial charge in [-0.15, -0.1) is 0 Å². The fourth-order valence-electron chi connectivity index (χ4n) is 4.16. The van der Waals surface area contributed by atoms with Gasteiger partial charge in [0.2, 0.25) is 5.78 Å². The van der Waals surface area contributed by atoms with Crippen molar-refractivity contribution in [2.75, 3.05) is 19.1 Å². The number of aromatic nitrogens is 1. The van der Waals surface area contributed by atoms with Crippen molar-refractivity contribution in [1.82, 2.24) is 4.98 Å². The number of aliphatic hydroxyl groups is 1. The lowest BCUT2D eigenvalue weighted by atomic mass is 9.96. The van der Waals surface area contributed by atoms with Crippen LogP contribution in [0.15, 0.2) is 88.8 Å². The summed E-state index contributed by atoms with van der Waals surface area (Å²) in [6.45, 7) is 0. The Morgan fingerprint density at radius 1 is 1.06 bits per heavy atom. The normalized spacial score (nSPS) is 15.8. The average molecular weight is 456 g/mol. The van der Waals surface area contributed by atoms with E-state index in [0.717, 1.165) is 0 Å². The van der Waals surface area contributed by atoms with E-state index in [-0.39, 0.29) is 11.3 Å². The highest BCUT2D eigenvalue weighted by atomic mass is 16.5. The van der Waals surface area contributed by atoms with E-state index in [4.69, 9.17) is 13.9 Å². The highest BCUT2D eigenvalue weighted by Crippen LogP contribution is 2.43. The van der Waals surface area contributed by atoms with Crippen LogP contribution in [0, 0.1) is 0 Å². The van der Waals surface area contributed by atoms with Gasteiger partial charge in [-0.3, -0.25) is 19.5 Å². The molecule has 8 nitrogen and oxygen atoms in total. The maximum absolute atomic E-state index is 13.7. The average Bonchev–Trinajstić information content (AvgIpc) is 3.43. The second-order valence-corrected chi connectivity index (χ2v) is 7.65. The highest BCUT2D eigenvalue weighted by molar-refractivity contribution is 6.20. The summed E-state index contributed by atoms with van der Waals surface area (Å²) in [7, 11) is 3.03. The molecule has 34 heavy (non-hydrogen) atoms. The van der Waals surface area contributed by atoms with Gasteiger partial charge in [-0.05, 0) is 35.9 Å². The number of benzene rings is 2. The van der Waals surface area contributed by atoms with Gasteiger partial charge in [0.1, 0.15) is 5.75 Å². The number of ether oxygens (including phenoxy) is 2. The molecule has 0 saturated carbocycles. The Morgan fingerprint density at radius 3 is 2.62 bits per heavy atom. The Morgan fingerprint density at radius 2 is 1.88 bits per heavy atom. The van der Waals surface area contributed by atoms with Gasteiger partial charge in [-0.25, -0.2) is 0 Å². The number of anilines is 1. The third-order valence-corrected chi connectivity index (χ3v) is 5.74. The van der Waals surface area contributed by atoms with Crippen LogP contribution < -0.4 is 14.4 Å². The number of carbonyl (C=O) groups is 2. The van der Waals surface area contributed by atoms with E-state index in [1.807, 2.05) is 0 Å². The van der Waals surface area contributed by atoms with Gasteiger partial charge >= 0.3 is 0 Å². The minimum Gasteiger partial charge on any atom is -0.503 e. The van der Waals surface area contributed by atoms with Gasteiger partial charge in [0.15, 0.2) is 22.9 Å². The molecule has 0 bridgehead atoms. The van der Waals surface area contributed by atoms with Crippen molar-refractivity contribution >= 4 is 28.3 Å². The van der Waals surface area contributed by atoms with Gasteiger partial charge in [-0.2, -0.15) is 0 Å². The number of amides is 1. The first kappa shape index (κ1) is 21.3. The van der Waals surface area contributed by atoms with Crippen LogP contribution in [0.3, 0.4) is 0 Å². The molecule has 1 amide bonds. The molecule has 1 N–H and O–H groups in total. The zero-order valence-corrected chi connectivity index (χ0v) is 18.4. The molecule has 0 radical (unpaired) electrons. The Kier molecular flexibility index (Phi) is 5.25. The minimum atomic E-state index is -0.920. The predicted molar refractivity (Wildman–Crippen MR) is 124 cm³/mol. The molecule has 1 unspecified atom stereocenters. The Labute approximate surface area is 194 Å². The lowest BCUT2D eigenvalue weighted by Gasteiger charge is -2.26. The summed E-state index contributed by atoms with van der Waals surface area (Å²) >= 11 is 0. The van der Waals surface area contributed by atoms with Crippen LogP contribution in [0.1, 0.15) is 22.2 Å². The number of pyridine rings is 1. The van der Waals surface area contributed by atoms with Crippen molar-refractivity contribution in [1.29, 1.82) is 0 Å². The minimum absolute atomic E-state index is 0.0183. The summed E-state index contributed by atoms with van der Waals surface area (Å²) in [5.74, 6) is -0.982. The molecule has 1 atom stereocenters. The lowest BCUT2D eigenvalue weighted by Crippen LogP contribution is -2.31. The fourth-order valence-corrected chi connectivity index (χ4v) is 4.16. The Bertz CT molecular complexity index is 1440. The first-order valence-corrected chi connectivity index (χ1v) is 10.5. The topological polar surface area (TPSA) is 102 Å². The highest BCUT2D eigenvalue weighted by Gasteiger charge is 2.45. The summed E-state index contributed by atoms with van der Waals surface area (Å²) in [4.78, 5) is 32.4. The second-order valence-electron chi connectivity index (χ2n) is 7.65. The zero-order chi connectivity index (χ0) is 23.8. The Balaban J connectivity index is 1.65. The summed E-state index contributed by atoms with van der Waals surface area (Å²) in [6, 6.07) is 16.2. The lowest BCUT2D eigenvalue weighted by molar-refractivity contribution is -0.117. The molecule has 2 aromatic heterocycles. The van der Waals surface area contributed by atoms with Crippen LogP contribution in [-0.2, 0) is 4.79 Å².